The molecule has 84 valence electrons. The third kappa shape index (κ3) is 2.34. The maximum absolute atomic E-state index is 12.0. The van der Waals surface area contributed by atoms with Crippen molar-refractivity contribution in [3.8, 4) is 0 Å². The molecular weight excluding hydrogens is 218 g/mol. The summed E-state index contributed by atoms with van der Waals surface area (Å²) in [6, 6.07) is 8.27. The molecule has 0 saturated heterocycles. The van der Waals surface area contributed by atoms with Crippen molar-refractivity contribution in [3.05, 3.63) is 60.2 Å². The van der Waals surface area contributed by atoms with Crippen LogP contribution in [0.15, 0.2) is 54.1 Å². The van der Waals surface area contributed by atoms with Crippen LogP contribution < -0.4 is 0 Å². The highest BCUT2D eigenvalue weighted by atomic mass is 16.4. The summed E-state index contributed by atoms with van der Waals surface area (Å²) in [4.78, 5) is 19.8. The van der Waals surface area contributed by atoms with E-state index in [1.54, 1.807) is 36.5 Å². The molecule has 0 bridgehead atoms. The number of nitrogens with zero attached hydrogens (tertiary/aromatic N) is 3. The van der Waals surface area contributed by atoms with Gasteiger partial charge < -0.3 is 5.21 Å². The fraction of sp³-hybridized carbons (Fsp3) is 0. The van der Waals surface area contributed by atoms with Crippen LogP contribution in [0.4, 0.5) is 0 Å². The third-order valence-corrected chi connectivity index (χ3v) is 2.15. The monoisotopic (exact) mass is 227 g/mol. The summed E-state index contributed by atoms with van der Waals surface area (Å²) < 4.78 is 0. The summed E-state index contributed by atoms with van der Waals surface area (Å²) in [6.45, 7) is 0. The van der Waals surface area contributed by atoms with E-state index in [4.69, 9.17) is 5.21 Å². The second-order valence-electron chi connectivity index (χ2n) is 3.23. The van der Waals surface area contributed by atoms with E-state index in [9.17, 15) is 4.79 Å². The van der Waals surface area contributed by atoms with Crippen molar-refractivity contribution in [2.24, 2.45) is 5.16 Å². The summed E-state index contributed by atoms with van der Waals surface area (Å²) in [6.07, 6.45) is 4.50. The van der Waals surface area contributed by atoms with Gasteiger partial charge in [0.2, 0.25) is 5.78 Å². The molecule has 2 aromatic rings. The average molecular weight is 227 g/mol. The number of oxime groups is 1. The maximum atomic E-state index is 12.0. The van der Waals surface area contributed by atoms with Gasteiger partial charge in [-0.1, -0.05) is 11.2 Å². The minimum atomic E-state index is -0.417. The van der Waals surface area contributed by atoms with Crippen molar-refractivity contribution in [1.82, 2.24) is 9.97 Å². The first-order valence-corrected chi connectivity index (χ1v) is 4.91. The number of Topliss-reactive ketones (excluding diaryl/α,β-unsaturated/α-hetero) is 1. The summed E-state index contributed by atoms with van der Waals surface area (Å²) >= 11 is 0. The third-order valence-electron chi connectivity index (χ3n) is 2.15. The Morgan fingerprint density at radius 3 is 2.65 bits per heavy atom. The van der Waals surface area contributed by atoms with Gasteiger partial charge in [-0.25, -0.2) is 0 Å². The molecule has 17 heavy (non-hydrogen) atoms. The second-order valence-corrected chi connectivity index (χ2v) is 3.23. The van der Waals surface area contributed by atoms with Crippen LogP contribution in [-0.2, 0) is 0 Å². The van der Waals surface area contributed by atoms with Crippen LogP contribution in [0.1, 0.15) is 16.1 Å². The van der Waals surface area contributed by atoms with E-state index < -0.39 is 5.78 Å². The zero-order chi connectivity index (χ0) is 12.1. The molecule has 0 fully saturated rings. The lowest BCUT2D eigenvalue weighted by Gasteiger charge is -2.02. The molecule has 1 N–H and O–H groups in total. The fourth-order valence-electron chi connectivity index (χ4n) is 1.35. The number of pyridine rings is 2. The Hall–Kier alpha value is -2.56. The largest absolute Gasteiger partial charge is 0.410 e. The van der Waals surface area contributed by atoms with Crippen molar-refractivity contribution in [2.75, 3.05) is 0 Å². The molecule has 5 nitrogen and oxygen atoms in total. The minimum absolute atomic E-state index is 0.0985. The van der Waals surface area contributed by atoms with Crippen molar-refractivity contribution in [3.63, 3.8) is 0 Å². The molecule has 0 unspecified atom stereocenters. The molecule has 0 aliphatic carbocycles. The molecule has 0 saturated carbocycles. The predicted octanol–water partition coefficient (Wildman–Crippen LogP) is 1.54. The number of hydrogen-bond donors (Lipinski definition) is 1. The Morgan fingerprint density at radius 1 is 1.18 bits per heavy atom. The van der Waals surface area contributed by atoms with E-state index in [0.717, 1.165) is 0 Å². The van der Waals surface area contributed by atoms with Gasteiger partial charge in [0.15, 0.2) is 5.71 Å². The van der Waals surface area contributed by atoms with Crippen LogP contribution in [0.5, 0.6) is 0 Å². The zero-order valence-electron chi connectivity index (χ0n) is 8.82. The highest BCUT2D eigenvalue weighted by Gasteiger charge is 2.17. The zero-order valence-corrected chi connectivity index (χ0v) is 8.82. The van der Waals surface area contributed by atoms with Gasteiger partial charge in [0, 0.05) is 24.2 Å². The lowest BCUT2D eigenvalue weighted by Crippen LogP contribution is -2.17. The smallest absolute Gasteiger partial charge is 0.218 e. The Morgan fingerprint density at radius 2 is 2.06 bits per heavy atom. The molecule has 2 aromatic heterocycles. The number of carbonyl (C=O) groups is 1. The molecule has 0 atom stereocenters. The molecule has 0 aromatic carbocycles. The minimum Gasteiger partial charge on any atom is -0.410 e. The summed E-state index contributed by atoms with van der Waals surface area (Å²) in [7, 11) is 0. The van der Waals surface area contributed by atoms with Crippen molar-refractivity contribution in [1.29, 1.82) is 0 Å². The van der Waals surface area contributed by atoms with Crippen molar-refractivity contribution < 1.29 is 10.0 Å². The first-order valence-electron chi connectivity index (χ1n) is 4.91. The quantitative estimate of drug-likeness (QED) is 0.373. The average Bonchev–Trinajstić information content (AvgIpc) is 2.42. The van der Waals surface area contributed by atoms with Gasteiger partial charge in [-0.3, -0.25) is 14.8 Å². The summed E-state index contributed by atoms with van der Waals surface area (Å²) in [5, 5.41) is 11.9. The first-order chi connectivity index (χ1) is 8.33. The predicted molar refractivity (Wildman–Crippen MR) is 61.1 cm³/mol. The van der Waals surface area contributed by atoms with Gasteiger partial charge in [-0.2, -0.15) is 0 Å². The Bertz CT molecular complexity index is 538. The van der Waals surface area contributed by atoms with Gasteiger partial charge in [-0.05, 0) is 24.3 Å². The van der Waals surface area contributed by atoms with Crippen molar-refractivity contribution >= 4 is 11.5 Å². The fourth-order valence-corrected chi connectivity index (χ4v) is 1.35. The van der Waals surface area contributed by atoms with Gasteiger partial charge in [-0.15, -0.1) is 0 Å². The lowest BCUT2D eigenvalue weighted by atomic mass is 10.1. The first kappa shape index (κ1) is 10.9. The van der Waals surface area contributed by atoms with Gasteiger partial charge in [0.1, 0.15) is 0 Å². The summed E-state index contributed by atoms with van der Waals surface area (Å²) in [5.41, 5.74) is 0.577. The van der Waals surface area contributed by atoms with Gasteiger partial charge in [0.25, 0.3) is 0 Å². The molecule has 0 aliphatic rings. The van der Waals surface area contributed by atoms with E-state index in [0.29, 0.717) is 11.3 Å². The Balaban J connectivity index is 2.37. The highest BCUT2D eigenvalue weighted by Crippen LogP contribution is 2.05. The molecule has 0 aliphatic heterocycles. The normalized spacial score (nSPS) is 11.2. The van der Waals surface area contributed by atoms with E-state index in [1.807, 2.05) is 0 Å². The van der Waals surface area contributed by atoms with Gasteiger partial charge in [0.05, 0.1) is 5.69 Å². The second kappa shape index (κ2) is 4.98. The number of ketones is 1. The SMILES string of the molecule is O=C(/C(=N/O)c1ccccn1)c1cccnc1. The maximum Gasteiger partial charge on any atom is 0.218 e. The van der Waals surface area contributed by atoms with Crippen molar-refractivity contribution in [2.45, 2.75) is 0 Å². The number of aromatic nitrogens is 2. The summed E-state index contributed by atoms with van der Waals surface area (Å²) in [5.74, 6) is -0.417. The highest BCUT2D eigenvalue weighted by molar-refractivity contribution is 6.50. The molecule has 2 heterocycles. The van der Waals surface area contributed by atoms with Crippen LogP contribution in [0, 0.1) is 0 Å². The van der Waals surface area contributed by atoms with Crippen LogP contribution in [-0.4, -0.2) is 26.7 Å². The molecule has 0 spiro atoms. The number of hydrogen-bond acceptors (Lipinski definition) is 5. The lowest BCUT2D eigenvalue weighted by molar-refractivity contribution is 0.106. The Kier molecular flexibility index (Phi) is 3.20. The van der Waals surface area contributed by atoms with Crippen LogP contribution in [0.3, 0.4) is 0 Å². The topological polar surface area (TPSA) is 75.4 Å². The molecule has 2 rings (SSSR count). The number of carbonyl (C=O) groups excluding carboxylic acids is 1. The standard InChI is InChI=1S/C12H9N3O2/c16-12(9-4-3-6-13-8-9)11(15-17)10-5-1-2-7-14-10/h1-8,17H/b15-11+. The molecular formula is C12H9N3O2. The van der Waals surface area contributed by atoms with Crippen LogP contribution in [0.2, 0.25) is 0 Å². The van der Waals surface area contributed by atoms with E-state index in [-0.39, 0.29) is 5.71 Å². The van der Waals surface area contributed by atoms with Crippen LogP contribution in [0.25, 0.3) is 0 Å². The van der Waals surface area contributed by atoms with E-state index >= 15 is 0 Å². The van der Waals surface area contributed by atoms with Crippen LogP contribution >= 0.6 is 0 Å². The Labute approximate surface area is 97.5 Å². The number of rotatable bonds is 3. The molecule has 5 heteroatoms. The molecule has 0 radical (unpaired) electrons. The molecule has 0 amide bonds. The van der Waals surface area contributed by atoms with E-state index in [2.05, 4.69) is 15.1 Å². The van der Waals surface area contributed by atoms with Gasteiger partial charge >= 0.3 is 0 Å². The van der Waals surface area contributed by atoms with E-state index in [1.165, 1.54) is 12.4 Å².